The summed E-state index contributed by atoms with van der Waals surface area (Å²) in [5.41, 5.74) is 0.435. The van der Waals surface area contributed by atoms with Crippen LogP contribution in [0.5, 0.6) is 0 Å². The first kappa shape index (κ1) is 18.7. The Hall–Kier alpha value is -1.32. The van der Waals surface area contributed by atoms with Crippen LogP contribution in [0.25, 0.3) is 0 Å². The first-order valence-corrected chi connectivity index (χ1v) is 6.80. The molecule has 0 bridgehead atoms. The van der Waals surface area contributed by atoms with Crippen molar-refractivity contribution < 1.29 is 9.18 Å². The van der Waals surface area contributed by atoms with Gasteiger partial charge in [0.2, 0.25) is 0 Å². The molecule has 1 aromatic rings. The molecule has 0 heterocycles. The average Bonchev–Trinajstić information content (AvgIpc) is 2.39. The molecule has 0 aliphatic carbocycles. The maximum Gasteiger partial charge on any atom is 0.252 e. The van der Waals surface area contributed by atoms with Gasteiger partial charge in [-0.05, 0) is 38.5 Å². The molecule has 5 heteroatoms. The first-order chi connectivity index (χ1) is 9.42. The minimum Gasteiger partial charge on any atom is -0.352 e. The number of benzene rings is 1. The van der Waals surface area contributed by atoms with Crippen molar-refractivity contribution in [2.45, 2.75) is 20.3 Å². The monoisotopic (exact) mass is 317 g/mol. The van der Waals surface area contributed by atoms with E-state index in [4.69, 9.17) is 23.2 Å². The summed E-state index contributed by atoms with van der Waals surface area (Å²) >= 11 is 11.6. The van der Waals surface area contributed by atoms with Gasteiger partial charge in [0.15, 0.2) is 0 Å². The van der Waals surface area contributed by atoms with Gasteiger partial charge in [0, 0.05) is 11.6 Å². The minimum atomic E-state index is -0.196. The largest absolute Gasteiger partial charge is 0.352 e. The van der Waals surface area contributed by atoms with Gasteiger partial charge in [0.1, 0.15) is 0 Å². The molecule has 0 spiro atoms. The third-order valence-corrected chi connectivity index (χ3v) is 2.76. The quantitative estimate of drug-likeness (QED) is 0.601. The summed E-state index contributed by atoms with van der Waals surface area (Å²) in [5, 5.41) is 3.60. The second kappa shape index (κ2) is 10.5. The zero-order chi connectivity index (χ0) is 15.5. The Morgan fingerprint density at radius 1 is 1.45 bits per heavy atom. The Bertz CT molecular complexity index is 483. The summed E-state index contributed by atoms with van der Waals surface area (Å²) in [6.07, 6.45) is 3.89. The Morgan fingerprint density at radius 3 is 2.50 bits per heavy atom. The van der Waals surface area contributed by atoms with E-state index in [1.54, 1.807) is 31.2 Å². The number of carbonyl (C=O) groups excluding carboxylic acids is 1. The van der Waals surface area contributed by atoms with Gasteiger partial charge < -0.3 is 5.32 Å². The lowest BCUT2D eigenvalue weighted by molar-refractivity contribution is 0.0954. The fourth-order valence-corrected chi connectivity index (χ4v) is 1.55. The highest BCUT2D eigenvalue weighted by Crippen LogP contribution is 2.20. The van der Waals surface area contributed by atoms with Crippen molar-refractivity contribution in [3.63, 3.8) is 0 Å². The molecule has 0 aliphatic heterocycles. The summed E-state index contributed by atoms with van der Waals surface area (Å²) in [5.74, 6) is -0.316. The van der Waals surface area contributed by atoms with Crippen molar-refractivity contribution in [1.82, 2.24) is 5.32 Å². The van der Waals surface area contributed by atoms with E-state index >= 15 is 0 Å². The molecule has 0 aliphatic rings. The van der Waals surface area contributed by atoms with Gasteiger partial charge in [-0.15, -0.1) is 6.58 Å². The molecule has 110 valence electrons. The lowest BCUT2D eigenvalue weighted by Crippen LogP contribution is -2.24. The van der Waals surface area contributed by atoms with Gasteiger partial charge in [-0.25, -0.2) is 4.39 Å². The van der Waals surface area contributed by atoms with E-state index in [0.29, 0.717) is 22.2 Å². The van der Waals surface area contributed by atoms with Crippen LogP contribution >= 0.6 is 23.2 Å². The lowest BCUT2D eigenvalue weighted by atomic mass is 10.2. The molecule has 0 saturated heterocycles. The average molecular weight is 318 g/mol. The summed E-state index contributed by atoms with van der Waals surface area (Å²) in [6.45, 7) is 7.20. The molecule has 2 nitrogen and oxygen atoms in total. The second-order valence-electron chi connectivity index (χ2n) is 3.83. The molecule has 0 aromatic heterocycles. The standard InChI is InChI=1S/C11H11Cl2NO.C4H7F/c1-2-3-6-14-11(15)9-5-4-8(12)7-10(9)13;1-3-4(2)5/h2,4-5,7H,1,3,6H2,(H,14,15);3H,1-2H3/b;4-3+. The van der Waals surface area contributed by atoms with Crippen LogP contribution in [-0.2, 0) is 0 Å². The second-order valence-corrected chi connectivity index (χ2v) is 4.68. The van der Waals surface area contributed by atoms with Gasteiger partial charge >= 0.3 is 0 Å². The molecule has 0 radical (unpaired) electrons. The number of hydrogen-bond donors (Lipinski definition) is 1. The van der Waals surface area contributed by atoms with Gasteiger partial charge in [0.05, 0.1) is 16.4 Å². The third kappa shape index (κ3) is 7.97. The highest BCUT2D eigenvalue weighted by atomic mass is 35.5. The van der Waals surface area contributed by atoms with Crippen LogP contribution < -0.4 is 5.32 Å². The Labute approximate surface area is 129 Å². The molecule has 0 unspecified atom stereocenters. The molecule has 0 fully saturated rings. The number of amides is 1. The highest BCUT2D eigenvalue weighted by molar-refractivity contribution is 6.36. The van der Waals surface area contributed by atoms with Crippen molar-refractivity contribution in [3.8, 4) is 0 Å². The molecule has 1 N–H and O–H groups in total. The van der Waals surface area contributed by atoms with Gasteiger partial charge in [-0.3, -0.25) is 4.79 Å². The van der Waals surface area contributed by atoms with Crippen LogP contribution in [-0.4, -0.2) is 12.5 Å². The van der Waals surface area contributed by atoms with Gasteiger partial charge in [-0.1, -0.05) is 35.4 Å². The van der Waals surface area contributed by atoms with Gasteiger partial charge in [0.25, 0.3) is 5.91 Å². The molecule has 1 amide bonds. The predicted molar refractivity (Wildman–Crippen MR) is 84.1 cm³/mol. The minimum absolute atomic E-state index is 0.120. The Kier molecular flexibility index (Phi) is 9.77. The smallest absolute Gasteiger partial charge is 0.252 e. The number of nitrogens with one attached hydrogen (secondary N) is 1. The van der Waals surface area contributed by atoms with Crippen LogP contribution in [0.3, 0.4) is 0 Å². The molecular weight excluding hydrogens is 300 g/mol. The zero-order valence-electron chi connectivity index (χ0n) is 11.6. The van der Waals surface area contributed by atoms with Crippen LogP contribution in [0.1, 0.15) is 30.6 Å². The molecule has 0 saturated carbocycles. The van der Waals surface area contributed by atoms with Crippen LogP contribution in [0.4, 0.5) is 4.39 Å². The summed E-state index contributed by atoms with van der Waals surface area (Å²) in [7, 11) is 0. The van der Waals surface area contributed by atoms with Crippen molar-refractivity contribution in [2.24, 2.45) is 0 Å². The molecule has 1 aromatic carbocycles. The first-order valence-electron chi connectivity index (χ1n) is 6.05. The molecule has 20 heavy (non-hydrogen) atoms. The van der Waals surface area contributed by atoms with Crippen molar-refractivity contribution in [3.05, 3.63) is 58.4 Å². The van der Waals surface area contributed by atoms with Crippen LogP contribution in [0.2, 0.25) is 10.0 Å². The van der Waals surface area contributed by atoms with E-state index in [2.05, 4.69) is 11.9 Å². The van der Waals surface area contributed by atoms with E-state index in [-0.39, 0.29) is 11.7 Å². The number of rotatable bonds is 4. The molecule has 1 rings (SSSR count). The normalized spacial score (nSPS) is 10.3. The van der Waals surface area contributed by atoms with E-state index in [0.717, 1.165) is 6.42 Å². The topological polar surface area (TPSA) is 29.1 Å². The van der Waals surface area contributed by atoms with Crippen molar-refractivity contribution in [2.75, 3.05) is 6.54 Å². The van der Waals surface area contributed by atoms with E-state index in [9.17, 15) is 9.18 Å². The van der Waals surface area contributed by atoms with Crippen molar-refractivity contribution >= 4 is 29.1 Å². The number of halogens is 3. The summed E-state index contributed by atoms with van der Waals surface area (Å²) in [4.78, 5) is 11.6. The van der Waals surface area contributed by atoms with Crippen LogP contribution in [0, 0.1) is 0 Å². The fraction of sp³-hybridized carbons (Fsp3) is 0.267. The summed E-state index contributed by atoms with van der Waals surface area (Å²) < 4.78 is 11.3. The van der Waals surface area contributed by atoms with E-state index in [1.165, 1.54) is 13.0 Å². The van der Waals surface area contributed by atoms with Crippen molar-refractivity contribution in [1.29, 1.82) is 0 Å². The molecule has 0 atom stereocenters. The lowest BCUT2D eigenvalue weighted by Gasteiger charge is -2.05. The number of allylic oxidation sites excluding steroid dienone is 2. The van der Waals surface area contributed by atoms with Gasteiger partial charge in [-0.2, -0.15) is 0 Å². The van der Waals surface area contributed by atoms with E-state index < -0.39 is 0 Å². The predicted octanol–water partition coefficient (Wildman–Crippen LogP) is 5.18. The Morgan fingerprint density at radius 2 is 2.05 bits per heavy atom. The SMILES string of the molecule is C/C=C(\C)F.C=CCCNC(=O)c1ccc(Cl)cc1Cl. The maximum absolute atomic E-state index is 11.6. The van der Waals surface area contributed by atoms with Crippen LogP contribution in [0.15, 0.2) is 42.8 Å². The summed E-state index contributed by atoms with van der Waals surface area (Å²) in [6, 6.07) is 4.79. The number of hydrogen-bond acceptors (Lipinski definition) is 1. The third-order valence-electron chi connectivity index (χ3n) is 2.21. The Balaban J connectivity index is 0.000000621. The fourth-order valence-electron chi connectivity index (χ4n) is 1.06. The zero-order valence-corrected chi connectivity index (χ0v) is 13.1. The molecular formula is C15H18Cl2FNO. The maximum atomic E-state index is 11.6. The van der Waals surface area contributed by atoms with E-state index in [1.807, 2.05) is 0 Å². The number of carbonyl (C=O) groups is 1. The highest BCUT2D eigenvalue weighted by Gasteiger charge is 2.09.